The van der Waals surface area contributed by atoms with Gasteiger partial charge in [-0.25, -0.2) is 0 Å². The van der Waals surface area contributed by atoms with Gasteiger partial charge in [0, 0.05) is 13.0 Å². The van der Waals surface area contributed by atoms with E-state index < -0.39 is 0 Å². The van der Waals surface area contributed by atoms with Gasteiger partial charge < -0.3 is 5.32 Å². The van der Waals surface area contributed by atoms with E-state index in [4.69, 9.17) is 0 Å². The molecular formula is C20H31NO. The third-order valence-electron chi connectivity index (χ3n) is 4.77. The Hall–Kier alpha value is -1.31. The van der Waals surface area contributed by atoms with E-state index in [1.54, 1.807) is 0 Å². The molecule has 1 amide bonds. The van der Waals surface area contributed by atoms with Crippen LogP contribution in [0, 0.1) is 5.92 Å². The molecule has 1 saturated carbocycles. The predicted octanol–water partition coefficient (Wildman–Crippen LogP) is 4.61. The van der Waals surface area contributed by atoms with Crippen molar-refractivity contribution in [2.75, 3.05) is 6.54 Å². The lowest BCUT2D eigenvalue weighted by Crippen LogP contribution is -2.30. The molecule has 22 heavy (non-hydrogen) atoms. The SMILES string of the molecule is CC(C)(C)c1ccc(CCC(=O)NCC2CCCCC2)cc1. The summed E-state index contributed by atoms with van der Waals surface area (Å²) in [5.74, 6) is 0.911. The van der Waals surface area contributed by atoms with Gasteiger partial charge in [-0.15, -0.1) is 0 Å². The molecule has 2 rings (SSSR count). The minimum atomic E-state index is 0.190. The molecule has 1 aliphatic rings. The molecule has 122 valence electrons. The van der Waals surface area contributed by atoms with Crippen LogP contribution in [-0.2, 0) is 16.6 Å². The van der Waals surface area contributed by atoms with Gasteiger partial charge in [-0.3, -0.25) is 4.79 Å². The molecule has 2 nitrogen and oxygen atoms in total. The second-order valence-corrected chi connectivity index (χ2v) is 7.76. The quantitative estimate of drug-likeness (QED) is 0.845. The van der Waals surface area contributed by atoms with E-state index in [1.165, 1.54) is 43.2 Å². The molecule has 0 unspecified atom stereocenters. The Kier molecular flexibility index (Phi) is 6.05. The van der Waals surface area contributed by atoms with Crippen molar-refractivity contribution in [3.63, 3.8) is 0 Å². The van der Waals surface area contributed by atoms with Crippen molar-refractivity contribution in [2.45, 2.75) is 71.1 Å². The van der Waals surface area contributed by atoms with Crippen LogP contribution in [0.25, 0.3) is 0 Å². The van der Waals surface area contributed by atoms with Crippen LogP contribution in [-0.4, -0.2) is 12.5 Å². The monoisotopic (exact) mass is 301 g/mol. The van der Waals surface area contributed by atoms with E-state index in [2.05, 4.69) is 50.4 Å². The zero-order chi connectivity index (χ0) is 16.0. The summed E-state index contributed by atoms with van der Waals surface area (Å²) in [4.78, 5) is 12.0. The Bertz CT molecular complexity index is 463. The molecular weight excluding hydrogens is 270 g/mol. The van der Waals surface area contributed by atoms with Gasteiger partial charge in [0.2, 0.25) is 5.91 Å². The lowest BCUT2D eigenvalue weighted by molar-refractivity contribution is -0.121. The second kappa shape index (κ2) is 7.80. The first-order chi connectivity index (χ1) is 10.4. The molecule has 0 saturated heterocycles. The van der Waals surface area contributed by atoms with E-state index in [0.717, 1.165) is 13.0 Å². The van der Waals surface area contributed by atoms with E-state index in [-0.39, 0.29) is 11.3 Å². The number of amides is 1. The summed E-state index contributed by atoms with van der Waals surface area (Å²) in [6, 6.07) is 8.70. The Balaban J connectivity index is 1.71. The van der Waals surface area contributed by atoms with E-state index in [1.807, 2.05) is 0 Å². The summed E-state index contributed by atoms with van der Waals surface area (Å²) in [6.07, 6.45) is 8.04. The molecule has 1 fully saturated rings. The number of rotatable bonds is 5. The van der Waals surface area contributed by atoms with Gasteiger partial charge in [-0.1, -0.05) is 64.3 Å². The fourth-order valence-electron chi connectivity index (χ4n) is 3.17. The van der Waals surface area contributed by atoms with Crippen LogP contribution >= 0.6 is 0 Å². The van der Waals surface area contributed by atoms with Crippen LogP contribution in [0.2, 0.25) is 0 Å². The molecule has 0 radical (unpaired) electrons. The maximum Gasteiger partial charge on any atom is 0.220 e. The van der Waals surface area contributed by atoms with Crippen molar-refractivity contribution < 1.29 is 4.79 Å². The Morgan fingerprint density at radius 2 is 1.73 bits per heavy atom. The molecule has 0 atom stereocenters. The summed E-state index contributed by atoms with van der Waals surface area (Å²) in [7, 11) is 0. The molecule has 0 aliphatic heterocycles. The van der Waals surface area contributed by atoms with Crippen molar-refractivity contribution in [2.24, 2.45) is 5.92 Å². The molecule has 0 heterocycles. The average Bonchev–Trinajstić information content (AvgIpc) is 2.51. The third-order valence-corrected chi connectivity index (χ3v) is 4.77. The van der Waals surface area contributed by atoms with Crippen molar-refractivity contribution in [3.8, 4) is 0 Å². The Morgan fingerprint density at radius 3 is 2.32 bits per heavy atom. The zero-order valence-electron chi connectivity index (χ0n) is 14.5. The number of hydrogen-bond acceptors (Lipinski definition) is 1. The van der Waals surface area contributed by atoms with Crippen molar-refractivity contribution in [3.05, 3.63) is 35.4 Å². The Labute approximate surface area is 135 Å². The summed E-state index contributed by atoms with van der Waals surface area (Å²) < 4.78 is 0. The maximum atomic E-state index is 12.0. The highest BCUT2D eigenvalue weighted by molar-refractivity contribution is 5.76. The third kappa shape index (κ3) is 5.47. The number of carbonyl (C=O) groups is 1. The number of carbonyl (C=O) groups excluding carboxylic acids is 1. The summed E-state index contributed by atoms with van der Waals surface area (Å²) in [6.45, 7) is 7.55. The van der Waals surface area contributed by atoms with Crippen molar-refractivity contribution in [1.82, 2.24) is 5.32 Å². The standard InChI is InChI=1S/C20H31NO/c1-20(2,3)18-12-9-16(10-13-18)11-14-19(22)21-15-17-7-5-4-6-8-17/h9-10,12-13,17H,4-8,11,14-15H2,1-3H3,(H,21,22). The van der Waals surface area contributed by atoms with Gasteiger partial charge in [0.1, 0.15) is 0 Å². The van der Waals surface area contributed by atoms with Gasteiger partial charge in [-0.05, 0) is 41.7 Å². The summed E-state index contributed by atoms with van der Waals surface area (Å²) in [5, 5.41) is 3.12. The predicted molar refractivity (Wildman–Crippen MR) is 93.0 cm³/mol. The van der Waals surface area contributed by atoms with Crippen LogP contribution in [0.3, 0.4) is 0 Å². The molecule has 1 N–H and O–H groups in total. The van der Waals surface area contributed by atoms with Gasteiger partial charge in [0.15, 0.2) is 0 Å². The fourth-order valence-corrected chi connectivity index (χ4v) is 3.17. The van der Waals surface area contributed by atoms with Crippen LogP contribution < -0.4 is 5.32 Å². The van der Waals surface area contributed by atoms with Crippen LogP contribution in [0.15, 0.2) is 24.3 Å². The summed E-state index contributed by atoms with van der Waals surface area (Å²) >= 11 is 0. The van der Waals surface area contributed by atoms with Crippen LogP contribution in [0.4, 0.5) is 0 Å². The molecule has 1 aromatic rings. The largest absolute Gasteiger partial charge is 0.356 e. The molecule has 0 bridgehead atoms. The lowest BCUT2D eigenvalue weighted by Gasteiger charge is -2.21. The molecule has 0 spiro atoms. The zero-order valence-corrected chi connectivity index (χ0v) is 14.5. The number of benzene rings is 1. The molecule has 1 aromatic carbocycles. The topological polar surface area (TPSA) is 29.1 Å². The van der Waals surface area contributed by atoms with Gasteiger partial charge in [-0.2, -0.15) is 0 Å². The molecule has 2 heteroatoms. The first-order valence-corrected chi connectivity index (χ1v) is 8.81. The average molecular weight is 301 g/mol. The van der Waals surface area contributed by atoms with E-state index >= 15 is 0 Å². The van der Waals surface area contributed by atoms with Gasteiger partial charge >= 0.3 is 0 Å². The first-order valence-electron chi connectivity index (χ1n) is 8.81. The highest BCUT2D eigenvalue weighted by Gasteiger charge is 2.15. The van der Waals surface area contributed by atoms with Crippen LogP contribution in [0.5, 0.6) is 0 Å². The second-order valence-electron chi connectivity index (χ2n) is 7.76. The number of hydrogen-bond donors (Lipinski definition) is 1. The van der Waals surface area contributed by atoms with Crippen molar-refractivity contribution in [1.29, 1.82) is 0 Å². The first kappa shape index (κ1) is 17.1. The highest BCUT2D eigenvalue weighted by Crippen LogP contribution is 2.23. The maximum absolute atomic E-state index is 12.0. The minimum Gasteiger partial charge on any atom is -0.356 e. The van der Waals surface area contributed by atoms with Crippen LogP contribution in [0.1, 0.15) is 70.4 Å². The Morgan fingerprint density at radius 1 is 1.09 bits per heavy atom. The number of nitrogens with one attached hydrogen (secondary N) is 1. The van der Waals surface area contributed by atoms with Gasteiger partial charge in [0.25, 0.3) is 0 Å². The fraction of sp³-hybridized carbons (Fsp3) is 0.650. The normalized spacial score (nSPS) is 16.5. The smallest absolute Gasteiger partial charge is 0.220 e. The van der Waals surface area contributed by atoms with E-state index in [0.29, 0.717) is 12.3 Å². The van der Waals surface area contributed by atoms with Gasteiger partial charge in [0.05, 0.1) is 0 Å². The molecule has 0 aromatic heterocycles. The number of aryl methyl sites for hydroxylation is 1. The van der Waals surface area contributed by atoms with Crippen molar-refractivity contribution >= 4 is 5.91 Å². The minimum absolute atomic E-state index is 0.190. The molecule has 1 aliphatic carbocycles. The van der Waals surface area contributed by atoms with E-state index in [9.17, 15) is 4.79 Å². The highest BCUT2D eigenvalue weighted by atomic mass is 16.1. The lowest BCUT2D eigenvalue weighted by atomic mass is 9.86. The summed E-state index contributed by atoms with van der Waals surface area (Å²) in [5.41, 5.74) is 2.79.